The van der Waals surface area contributed by atoms with E-state index in [4.69, 9.17) is 5.26 Å². The molecule has 0 N–H and O–H groups in total. The molecule has 0 aromatic carbocycles. The van der Waals surface area contributed by atoms with Crippen LogP contribution in [-0.2, 0) is 0 Å². The first-order chi connectivity index (χ1) is 5.95. The molecule has 13 heavy (non-hydrogen) atoms. The molecule has 0 radical (unpaired) electrons. The van der Waals surface area contributed by atoms with Gasteiger partial charge in [0.05, 0.1) is 12.0 Å². The van der Waals surface area contributed by atoms with Crippen LogP contribution in [0.1, 0.15) is 26.2 Å². The molecule has 0 saturated heterocycles. The smallest absolute Gasteiger partial charge is 0.198 e. The summed E-state index contributed by atoms with van der Waals surface area (Å²) in [5.41, 5.74) is -0.107. The van der Waals surface area contributed by atoms with Crippen LogP contribution in [0.15, 0.2) is 11.1 Å². The Hall–Kier alpha value is -0.980. The Balaban J connectivity index is 2.84. The van der Waals surface area contributed by atoms with E-state index in [9.17, 15) is 13.2 Å². The predicted octanol–water partition coefficient (Wildman–Crippen LogP) is 3.19. The van der Waals surface area contributed by atoms with Crippen molar-refractivity contribution in [1.29, 1.82) is 5.26 Å². The van der Waals surface area contributed by atoms with E-state index in [0.29, 0.717) is 12.0 Å². The molecule has 0 fully saturated rings. The average molecular weight is 189 g/mol. The van der Waals surface area contributed by atoms with Gasteiger partial charge in [0.1, 0.15) is 0 Å². The highest BCUT2D eigenvalue weighted by molar-refractivity contribution is 5.22. The minimum absolute atomic E-state index is 0.00639. The summed E-state index contributed by atoms with van der Waals surface area (Å²) in [5.74, 6) is -0.230. The molecule has 4 heteroatoms. The quantitative estimate of drug-likeness (QED) is 0.537. The predicted molar refractivity (Wildman–Crippen MR) is 41.7 cm³/mol. The van der Waals surface area contributed by atoms with Gasteiger partial charge in [0.2, 0.25) is 0 Å². The fourth-order valence-electron chi connectivity index (χ4n) is 1.62. The zero-order chi connectivity index (χ0) is 10.1. The van der Waals surface area contributed by atoms with E-state index in [2.05, 4.69) is 0 Å². The van der Waals surface area contributed by atoms with Crippen molar-refractivity contribution in [2.24, 2.45) is 5.92 Å². The highest BCUT2D eigenvalue weighted by Crippen LogP contribution is 2.38. The highest BCUT2D eigenvalue weighted by atomic mass is 19.4. The fraction of sp³-hybridized carbons (Fsp3) is 0.667. The van der Waals surface area contributed by atoms with Crippen molar-refractivity contribution in [1.82, 2.24) is 0 Å². The van der Waals surface area contributed by atoms with Gasteiger partial charge in [0.15, 0.2) is 0 Å². The van der Waals surface area contributed by atoms with Gasteiger partial charge in [-0.25, -0.2) is 0 Å². The van der Waals surface area contributed by atoms with Crippen LogP contribution < -0.4 is 0 Å². The Bertz CT molecular complexity index is 270. The second kappa shape index (κ2) is 3.41. The van der Waals surface area contributed by atoms with Crippen molar-refractivity contribution < 1.29 is 13.2 Å². The average Bonchev–Trinajstić information content (AvgIpc) is 2.01. The van der Waals surface area contributed by atoms with Gasteiger partial charge in [-0.3, -0.25) is 0 Å². The van der Waals surface area contributed by atoms with E-state index < -0.39 is 11.7 Å². The fourth-order valence-corrected chi connectivity index (χ4v) is 1.62. The maximum absolute atomic E-state index is 12.3. The van der Waals surface area contributed by atoms with Crippen molar-refractivity contribution in [3.63, 3.8) is 0 Å². The maximum Gasteiger partial charge on any atom is 0.412 e. The summed E-state index contributed by atoms with van der Waals surface area (Å²) in [7, 11) is 0. The number of halogens is 3. The van der Waals surface area contributed by atoms with Crippen LogP contribution in [0.25, 0.3) is 0 Å². The minimum Gasteiger partial charge on any atom is -0.198 e. The highest BCUT2D eigenvalue weighted by Gasteiger charge is 2.37. The first-order valence-electron chi connectivity index (χ1n) is 4.10. The number of rotatable bonds is 0. The number of nitriles is 1. The van der Waals surface area contributed by atoms with Crippen LogP contribution in [0.4, 0.5) is 13.2 Å². The molecule has 1 nitrogen and oxygen atoms in total. The van der Waals surface area contributed by atoms with Crippen molar-refractivity contribution >= 4 is 0 Å². The molecule has 0 spiro atoms. The van der Waals surface area contributed by atoms with E-state index in [1.54, 1.807) is 0 Å². The van der Waals surface area contributed by atoms with Crippen LogP contribution in [0.5, 0.6) is 0 Å². The molecule has 0 amide bonds. The molecule has 1 aliphatic rings. The summed E-state index contributed by atoms with van der Waals surface area (Å²) in [6.45, 7) is 1.46. The number of alkyl halides is 3. The molecule has 0 bridgehead atoms. The summed E-state index contributed by atoms with van der Waals surface area (Å²) < 4.78 is 36.8. The molecule has 0 heterocycles. The Labute approximate surface area is 74.9 Å². The second-order valence-corrected chi connectivity index (χ2v) is 3.33. The monoisotopic (exact) mass is 189 g/mol. The third-order valence-corrected chi connectivity index (χ3v) is 2.34. The lowest BCUT2D eigenvalue weighted by Gasteiger charge is -2.22. The summed E-state index contributed by atoms with van der Waals surface area (Å²) in [6.07, 6.45) is -3.61. The van der Waals surface area contributed by atoms with Gasteiger partial charge in [0.25, 0.3) is 0 Å². The van der Waals surface area contributed by atoms with Gasteiger partial charge in [-0.1, -0.05) is 5.57 Å². The topological polar surface area (TPSA) is 23.8 Å². The Morgan fingerprint density at radius 3 is 2.46 bits per heavy atom. The van der Waals surface area contributed by atoms with E-state index in [0.717, 1.165) is 0 Å². The standard InChI is InChI=1S/C9H10F3N/c1-6-4-7(5-13)2-3-8(6)9(10,11)12/h7H,2-4H2,1H3/t7-/m1/s1. The van der Waals surface area contributed by atoms with E-state index in [1.807, 2.05) is 6.07 Å². The van der Waals surface area contributed by atoms with Crippen LogP contribution in [0.3, 0.4) is 0 Å². The van der Waals surface area contributed by atoms with Crippen LogP contribution in [0, 0.1) is 17.2 Å². The molecule has 72 valence electrons. The van der Waals surface area contributed by atoms with Crippen molar-refractivity contribution in [2.75, 3.05) is 0 Å². The van der Waals surface area contributed by atoms with Crippen LogP contribution >= 0.6 is 0 Å². The molecular formula is C9H10F3N. The molecule has 0 unspecified atom stereocenters. The zero-order valence-electron chi connectivity index (χ0n) is 7.28. The lowest BCUT2D eigenvalue weighted by Crippen LogP contribution is -2.19. The van der Waals surface area contributed by atoms with E-state index >= 15 is 0 Å². The van der Waals surface area contributed by atoms with E-state index in [1.165, 1.54) is 6.92 Å². The van der Waals surface area contributed by atoms with Gasteiger partial charge in [-0.05, 0) is 26.2 Å². The third-order valence-electron chi connectivity index (χ3n) is 2.34. The van der Waals surface area contributed by atoms with Crippen molar-refractivity contribution in [2.45, 2.75) is 32.4 Å². The first-order valence-corrected chi connectivity index (χ1v) is 4.10. The molecule has 0 aliphatic heterocycles. The zero-order valence-corrected chi connectivity index (χ0v) is 7.28. The number of hydrogen-bond acceptors (Lipinski definition) is 1. The number of allylic oxidation sites excluding steroid dienone is 2. The first kappa shape index (κ1) is 10.1. The molecular weight excluding hydrogens is 179 g/mol. The Morgan fingerprint density at radius 1 is 1.46 bits per heavy atom. The summed E-state index contributed by atoms with van der Waals surface area (Å²) in [5, 5.41) is 8.54. The van der Waals surface area contributed by atoms with Gasteiger partial charge in [0, 0.05) is 5.57 Å². The number of nitrogens with zero attached hydrogens (tertiary/aromatic N) is 1. The van der Waals surface area contributed by atoms with Gasteiger partial charge in [-0.15, -0.1) is 0 Å². The SMILES string of the molecule is CC1=C(C(F)(F)F)CC[C@@H](C#N)C1. The number of hydrogen-bond donors (Lipinski definition) is 0. The molecule has 1 atom stereocenters. The van der Waals surface area contributed by atoms with Crippen molar-refractivity contribution in [3.05, 3.63) is 11.1 Å². The minimum atomic E-state index is -4.20. The molecule has 1 aliphatic carbocycles. The van der Waals surface area contributed by atoms with Crippen molar-refractivity contribution in [3.8, 4) is 6.07 Å². The third kappa shape index (κ3) is 2.24. The maximum atomic E-state index is 12.3. The Kier molecular flexibility index (Phi) is 2.65. The van der Waals surface area contributed by atoms with Gasteiger partial charge >= 0.3 is 6.18 Å². The van der Waals surface area contributed by atoms with E-state index in [-0.39, 0.29) is 18.8 Å². The summed E-state index contributed by atoms with van der Waals surface area (Å²) in [4.78, 5) is 0. The normalized spacial score (nSPS) is 24.4. The van der Waals surface area contributed by atoms with Gasteiger partial charge in [-0.2, -0.15) is 18.4 Å². The molecule has 0 aromatic heterocycles. The lowest BCUT2D eigenvalue weighted by molar-refractivity contribution is -0.0962. The van der Waals surface area contributed by atoms with Gasteiger partial charge < -0.3 is 0 Å². The van der Waals surface area contributed by atoms with Crippen LogP contribution in [-0.4, -0.2) is 6.18 Å². The molecule has 1 rings (SSSR count). The lowest BCUT2D eigenvalue weighted by atomic mass is 9.85. The molecule has 0 saturated carbocycles. The second-order valence-electron chi connectivity index (χ2n) is 3.33. The van der Waals surface area contributed by atoms with Crippen LogP contribution in [0.2, 0.25) is 0 Å². The summed E-state index contributed by atoms with van der Waals surface area (Å²) >= 11 is 0. The summed E-state index contributed by atoms with van der Waals surface area (Å²) in [6, 6.07) is 2.00. The Morgan fingerprint density at radius 2 is 2.08 bits per heavy atom. The molecule has 0 aromatic rings. The largest absolute Gasteiger partial charge is 0.412 e.